The molecule has 2 aromatic rings. The van der Waals surface area contributed by atoms with Crippen molar-refractivity contribution < 1.29 is 17.6 Å². The molecule has 2 aliphatic rings. The highest BCUT2D eigenvalue weighted by Gasteiger charge is 2.43. The Morgan fingerprint density at radius 1 is 0.971 bits per heavy atom. The lowest BCUT2D eigenvalue weighted by Crippen LogP contribution is -2.61. The smallest absolute Gasteiger partial charge is 0.251 e. The van der Waals surface area contributed by atoms with E-state index < -0.39 is 17.6 Å². The van der Waals surface area contributed by atoms with E-state index in [1.165, 1.54) is 6.07 Å². The third-order valence-electron chi connectivity index (χ3n) is 7.43. The van der Waals surface area contributed by atoms with Gasteiger partial charge in [0.25, 0.3) is 5.92 Å². The molecule has 35 heavy (non-hydrogen) atoms. The number of nitrogens with one attached hydrogen (secondary N) is 2. The van der Waals surface area contributed by atoms with Crippen LogP contribution in [0.15, 0.2) is 24.4 Å². The van der Waals surface area contributed by atoms with E-state index in [9.17, 15) is 17.6 Å². The van der Waals surface area contributed by atoms with Gasteiger partial charge in [-0.25, -0.2) is 22.5 Å². The molecule has 4 rings (SSSR count). The van der Waals surface area contributed by atoms with E-state index in [1.807, 2.05) is 0 Å². The number of hydrogen-bond acceptors (Lipinski definition) is 6. The summed E-state index contributed by atoms with van der Waals surface area (Å²) in [6, 6.07) is 4.46. The Morgan fingerprint density at radius 2 is 1.60 bits per heavy atom. The zero-order valence-electron chi connectivity index (χ0n) is 20.9. The van der Waals surface area contributed by atoms with E-state index in [-0.39, 0.29) is 60.5 Å². The minimum Gasteiger partial charge on any atom is -0.369 e. The lowest BCUT2D eigenvalue weighted by Gasteiger charge is -2.53. The van der Waals surface area contributed by atoms with E-state index in [1.54, 1.807) is 17.0 Å². The first kappa shape index (κ1) is 25.5. The molecule has 0 saturated carbocycles. The first-order valence-corrected chi connectivity index (χ1v) is 12.0. The third-order valence-corrected chi connectivity index (χ3v) is 7.43. The van der Waals surface area contributed by atoms with Crippen LogP contribution in [0.5, 0.6) is 0 Å². The minimum absolute atomic E-state index is 0.0158. The van der Waals surface area contributed by atoms with Crippen LogP contribution in [0.2, 0.25) is 0 Å². The SMILES string of the molecule is CN1C(C)(C)CC(Nc2nc(Nc3ccc(N4CCC(F)(F)CC4)c(F)c3)ncc2F)CC1(C)C. The van der Waals surface area contributed by atoms with Gasteiger partial charge in [0, 0.05) is 48.7 Å². The molecule has 0 unspecified atom stereocenters. The summed E-state index contributed by atoms with van der Waals surface area (Å²) in [5, 5.41) is 6.16. The number of halogens is 4. The van der Waals surface area contributed by atoms with Gasteiger partial charge in [-0.2, -0.15) is 4.98 Å². The molecule has 1 aromatic carbocycles. The van der Waals surface area contributed by atoms with Crippen LogP contribution in [0.3, 0.4) is 0 Å². The van der Waals surface area contributed by atoms with Gasteiger partial charge < -0.3 is 15.5 Å². The Morgan fingerprint density at radius 3 is 2.20 bits per heavy atom. The highest BCUT2D eigenvalue weighted by atomic mass is 19.3. The fourth-order valence-corrected chi connectivity index (χ4v) is 5.24. The molecule has 3 heterocycles. The second-order valence-electron chi connectivity index (χ2n) is 11.0. The molecule has 10 heteroatoms. The zero-order valence-corrected chi connectivity index (χ0v) is 20.9. The van der Waals surface area contributed by atoms with Crippen molar-refractivity contribution in [2.24, 2.45) is 0 Å². The summed E-state index contributed by atoms with van der Waals surface area (Å²) in [4.78, 5) is 12.3. The van der Waals surface area contributed by atoms with Crippen molar-refractivity contribution in [1.29, 1.82) is 0 Å². The largest absolute Gasteiger partial charge is 0.369 e. The van der Waals surface area contributed by atoms with Crippen LogP contribution in [0.1, 0.15) is 53.4 Å². The molecular formula is C25H34F4N6. The van der Waals surface area contributed by atoms with Gasteiger partial charge in [-0.3, -0.25) is 4.90 Å². The van der Waals surface area contributed by atoms with Crippen molar-refractivity contribution in [3.63, 3.8) is 0 Å². The Hall–Kier alpha value is -2.62. The molecule has 0 radical (unpaired) electrons. The van der Waals surface area contributed by atoms with Crippen molar-refractivity contribution in [3.8, 4) is 0 Å². The molecule has 2 fully saturated rings. The lowest BCUT2D eigenvalue weighted by molar-refractivity contribution is -0.0221. The highest BCUT2D eigenvalue weighted by molar-refractivity contribution is 5.61. The van der Waals surface area contributed by atoms with Crippen molar-refractivity contribution in [2.45, 2.75) is 76.4 Å². The monoisotopic (exact) mass is 494 g/mol. The van der Waals surface area contributed by atoms with Gasteiger partial charge in [-0.1, -0.05) is 0 Å². The summed E-state index contributed by atoms with van der Waals surface area (Å²) in [6.45, 7) is 8.85. The molecule has 2 N–H and O–H groups in total. The maximum absolute atomic E-state index is 14.8. The maximum atomic E-state index is 14.8. The van der Waals surface area contributed by atoms with E-state index >= 15 is 0 Å². The predicted molar refractivity (Wildman–Crippen MR) is 131 cm³/mol. The number of rotatable bonds is 5. The molecular weight excluding hydrogens is 460 g/mol. The number of alkyl halides is 2. The number of benzene rings is 1. The Labute approximate surface area is 204 Å². The van der Waals surface area contributed by atoms with Gasteiger partial charge in [0.2, 0.25) is 5.95 Å². The van der Waals surface area contributed by atoms with Gasteiger partial charge in [0.15, 0.2) is 11.6 Å². The predicted octanol–water partition coefficient (Wildman–Crippen LogP) is 5.80. The number of anilines is 4. The second-order valence-corrected chi connectivity index (χ2v) is 11.0. The van der Waals surface area contributed by atoms with Crippen molar-refractivity contribution in [1.82, 2.24) is 14.9 Å². The normalized spacial score (nSPS) is 22.1. The first-order chi connectivity index (χ1) is 16.3. The second kappa shape index (κ2) is 9.11. The molecule has 2 saturated heterocycles. The first-order valence-electron chi connectivity index (χ1n) is 12.0. The van der Waals surface area contributed by atoms with Crippen LogP contribution >= 0.6 is 0 Å². The number of piperidine rings is 2. The maximum Gasteiger partial charge on any atom is 0.251 e. The van der Waals surface area contributed by atoms with Crippen LogP contribution in [0, 0.1) is 11.6 Å². The van der Waals surface area contributed by atoms with E-state index in [0.717, 1.165) is 19.0 Å². The molecule has 0 atom stereocenters. The highest BCUT2D eigenvalue weighted by Crippen LogP contribution is 2.38. The molecule has 0 spiro atoms. The summed E-state index contributed by atoms with van der Waals surface area (Å²) >= 11 is 0. The van der Waals surface area contributed by atoms with E-state index in [2.05, 4.69) is 60.2 Å². The van der Waals surface area contributed by atoms with Crippen LogP contribution < -0.4 is 15.5 Å². The number of aromatic nitrogens is 2. The Kier molecular flexibility index (Phi) is 6.63. The number of hydrogen-bond donors (Lipinski definition) is 2. The fourth-order valence-electron chi connectivity index (χ4n) is 5.24. The quantitative estimate of drug-likeness (QED) is 0.513. The summed E-state index contributed by atoms with van der Waals surface area (Å²) in [5.41, 5.74) is 0.509. The van der Waals surface area contributed by atoms with Crippen LogP contribution in [0.4, 0.5) is 40.7 Å². The summed E-state index contributed by atoms with van der Waals surface area (Å²) in [7, 11) is 2.11. The van der Waals surface area contributed by atoms with Gasteiger partial charge in [0.1, 0.15) is 5.82 Å². The fraction of sp³-hybridized carbons (Fsp3) is 0.600. The molecule has 0 aliphatic carbocycles. The molecule has 2 aliphatic heterocycles. The third kappa shape index (κ3) is 5.63. The van der Waals surface area contributed by atoms with Crippen LogP contribution in [0.25, 0.3) is 0 Å². The number of likely N-dealkylation sites (tertiary alicyclic amines) is 1. The van der Waals surface area contributed by atoms with Crippen LogP contribution in [-0.2, 0) is 0 Å². The molecule has 0 bridgehead atoms. The van der Waals surface area contributed by atoms with Gasteiger partial charge >= 0.3 is 0 Å². The molecule has 192 valence electrons. The summed E-state index contributed by atoms with van der Waals surface area (Å²) in [6.07, 6.45) is 2.12. The van der Waals surface area contributed by atoms with Crippen molar-refractivity contribution in [2.75, 3.05) is 35.7 Å². The molecule has 1 aromatic heterocycles. The Bertz CT molecular complexity index is 1050. The van der Waals surface area contributed by atoms with Gasteiger partial charge in [0.05, 0.1) is 11.9 Å². The number of nitrogens with zero attached hydrogens (tertiary/aromatic N) is 4. The molecule has 0 amide bonds. The van der Waals surface area contributed by atoms with E-state index in [4.69, 9.17) is 0 Å². The van der Waals surface area contributed by atoms with Gasteiger partial charge in [-0.15, -0.1) is 0 Å². The average Bonchev–Trinajstić information content (AvgIpc) is 2.75. The van der Waals surface area contributed by atoms with Crippen LogP contribution in [-0.4, -0.2) is 58.0 Å². The minimum atomic E-state index is -2.70. The average molecular weight is 495 g/mol. The summed E-state index contributed by atoms with van der Waals surface area (Å²) < 4.78 is 56.2. The lowest BCUT2D eigenvalue weighted by atomic mass is 9.77. The Balaban J connectivity index is 1.46. The topological polar surface area (TPSA) is 56.3 Å². The standard InChI is InChI=1S/C25H34F4N6/c1-23(2)13-17(14-24(3,4)34(23)5)31-21-19(27)15-30-22(33-21)32-16-6-7-20(18(26)12-16)35-10-8-25(28,29)9-11-35/h6-7,12,15,17H,8-11,13-14H2,1-5H3,(H2,30,31,32,33). The van der Waals surface area contributed by atoms with E-state index in [0.29, 0.717) is 5.69 Å². The van der Waals surface area contributed by atoms with Crippen molar-refractivity contribution >= 4 is 23.1 Å². The summed E-state index contributed by atoms with van der Waals surface area (Å²) in [5.74, 6) is -3.57. The molecule has 6 nitrogen and oxygen atoms in total. The van der Waals surface area contributed by atoms with Crippen molar-refractivity contribution in [3.05, 3.63) is 36.0 Å². The zero-order chi connectivity index (χ0) is 25.6. The van der Waals surface area contributed by atoms with Gasteiger partial charge in [-0.05, 0) is 65.8 Å².